The SMILES string of the molecule is O=C(NC1CCN(C2CC2)CC1)c1cccs1. The lowest BCUT2D eigenvalue weighted by Crippen LogP contribution is -2.45. The molecule has 2 heterocycles. The molecule has 1 N–H and O–H groups in total. The number of amides is 1. The van der Waals surface area contributed by atoms with Crippen LogP contribution in [0.5, 0.6) is 0 Å². The van der Waals surface area contributed by atoms with Gasteiger partial charge in [0.25, 0.3) is 5.91 Å². The summed E-state index contributed by atoms with van der Waals surface area (Å²) in [6, 6.07) is 5.05. The molecule has 0 spiro atoms. The van der Waals surface area contributed by atoms with Crippen LogP contribution < -0.4 is 5.32 Å². The van der Waals surface area contributed by atoms with E-state index in [9.17, 15) is 4.79 Å². The van der Waals surface area contributed by atoms with Crippen LogP contribution in [-0.2, 0) is 0 Å². The van der Waals surface area contributed by atoms with Crippen molar-refractivity contribution in [2.24, 2.45) is 0 Å². The van der Waals surface area contributed by atoms with Gasteiger partial charge in [-0.05, 0) is 37.1 Å². The summed E-state index contributed by atoms with van der Waals surface area (Å²) in [4.78, 5) is 15.3. The fourth-order valence-electron chi connectivity index (χ4n) is 2.51. The lowest BCUT2D eigenvalue weighted by molar-refractivity contribution is 0.0913. The summed E-state index contributed by atoms with van der Waals surface area (Å²) >= 11 is 1.51. The smallest absolute Gasteiger partial charge is 0.261 e. The number of likely N-dealkylation sites (tertiary alicyclic amines) is 1. The molecule has 92 valence electrons. The van der Waals surface area contributed by atoms with Crippen LogP contribution in [0.3, 0.4) is 0 Å². The lowest BCUT2D eigenvalue weighted by Gasteiger charge is -2.32. The molecule has 0 bridgehead atoms. The molecular formula is C13H18N2OS. The van der Waals surface area contributed by atoms with E-state index in [2.05, 4.69) is 10.2 Å². The molecule has 1 saturated heterocycles. The van der Waals surface area contributed by atoms with Crippen LogP contribution in [0.1, 0.15) is 35.4 Å². The summed E-state index contributed by atoms with van der Waals surface area (Å²) in [5.74, 6) is 0.102. The van der Waals surface area contributed by atoms with Crippen molar-refractivity contribution in [3.05, 3.63) is 22.4 Å². The van der Waals surface area contributed by atoms with Gasteiger partial charge >= 0.3 is 0 Å². The summed E-state index contributed by atoms with van der Waals surface area (Å²) in [6.07, 6.45) is 4.97. The van der Waals surface area contributed by atoms with Crippen LogP contribution in [0, 0.1) is 0 Å². The van der Waals surface area contributed by atoms with E-state index >= 15 is 0 Å². The second-order valence-electron chi connectivity index (χ2n) is 4.99. The first-order valence-corrected chi connectivity index (χ1v) is 7.29. The van der Waals surface area contributed by atoms with Crippen molar-refractivity contribution in [1.82, 2.24) is 10.2 Å². The topological polar surface area (TPSA) is 32.3 Å². The average molecular weight is 250 g/mol. The van der Waals surface area contributed by atoms with Gasteiger partial charge in [-0.3, -0.25) is 4.79 Å². The number of nitrogens with one attached hydrogen (secondary N) is 1. The van der Waals surface area contributed by atoms with Gasteiger partial charge in [-0.1, -0.05) is 6.07 Å². The van der Waals surface area contributed by atoms with E-state index in [1.165, 1.54) is 24.2 Å². The van der Waals surface area contributed by atoms with E-state index in [0.29, 0.717) is 6.04 Å². The maximum atomic E-state index is 11.9. The second kappa shape index (κ2) is 4.78. The van der Waals surface area contributed by atoms with E-state index in [0.717, 1.165) is 36.9 Å². The first-order chi connectivity index (χ1) is 8.33. The van der Waals surface area contributed by atoms with Crippen LogP contribution in [0.2, 0.25) is 0 Å². The standard InChI is InChI=1S/C13H18N2OS/c16-13(12-2-1-9-17-12)14-10-5-7-15(8-6-10)11-3-4-11/h1-2,9-11H,3-8H2,(H,14,16). The Morgan fingerprint density at radius 2 is 2.06 bits per heavy atom. The molecule has 0 aromatic carbocycles. The van der Waals surface area contributed by atoms with Gasteiger partial charge in [-0.15, -0.1) is 11.3 Å². The fraction of sp³-hybridized carbons (Fsp3) is 0.615. The first kappa shape index (κ1) is 11.2. The third-order valence-electron chi connectivity index (χ3n) is 3.67. The molecule has 1 aliphatic heterocycles. The number of nitrogens with zero attached hydrogens (tertiary/aromatic N) is 1. The van der Waals surface area contributed by atoms with Crippen LogP contribution in [0.4, 0.5) is 0 Å². The molecule has 3 rings (SSSR count). The minimum absolute atomic E-state index is 0.102. The molecule has 1 aromatic heterocycles. The number of thiophene rings is 1. The van der Waals surface area contributed by atoms with Gasteiger partial charge in [0.05, 0.1) is 4.88 Å². The molecule has 0 atom stereocenters. The molecule has 1 aromatic rings. The van der Waals surface area contributed by atoms with Gasteiger partial charge in [0.15, 0.2) is 0 Å². The van der Waals surface area contributed by atoms with Crippen LogP contribution in [0.25, 0.3) is 0 Å². The van der Waals surface area contributed by atoms with Gasteiger partial charge < -0.3 is 10.2 Å². The molecule has 2 aliphatic rings. The quantitative estimate of drug-likeness (QED) is 0.891. The van der Waals surface area contributed by atoms with Crippen LogP contribution in [-0.4, -0.2) is 36.0 Å². The summed E-state index contributed by atoms with van der Waals surface area (Å²) < 4.78 is 0. The molecule has 0 unspecified atom stereocenters. The van der Waals surface area contributed by atoms with E-state index in [1.54, 1.807) is 0 Å². The summed E-state index contributed by atoms with van der Waals surface area (Å²) in [5, 5.41) is 5.09. The Morgan fingerprint density at radius 3 is 2.65 bits per heavy atom. The number of hydrogen-bond donors (Lipinski definition) is 1. The van der Waals surface area contributed by atoms with Crippen molar-refractivity contribution >= 4 is 17.2 Å². The Morgan fingerprint density at radius 1 is 1.29 bits per heavy atom. The fourth-order valence-corrected chi connectivity index (χ4v) is 3.14. The summed E-state index contributed by atoms with van der Waals surface area (Å²) in [7, 11) is 0. The van der Waals surface area contributed by atoms with E-state index in [4.69, 9.17) is 0 Å². The van der Waals surface area contributed by atoms with Crippen molar-refractivity contribution in [3.8, 4) is 0 Å². The maximum Gasteiger partial charge on any atom is 0.261 e. The molecule has 2 fully saturated rings. The zero-order valence-electron chi connectivity index (χ0n) is 9.89. The maximum absolute atomic E-state index is 11.9. The molecule has 4 heteroatoms. The molecule has 0 radical (unpaired) electrons. The Bertz CT molecular complexity index is 378. The molecule has 1 saturated carbocycles. The second-order valence-corrected chi connectivity index (χ2v) is 5.94. The summed E-state index contributed by atoms with van der Waals surface area (Å²) in [5.41, 5.74) is 0. The van der Waals surface area contributed by atoms with Crippen LogP contribution in [0.15, 0.2) is 17.5 Å². The van der Waals surface area contributed by atoms with Crippen molar-refractivity contribution < 1.29 is 4.79 Å². The first-order valence-electron chi connectivity index (χ1n) is 6.41. The van der Waals surface area contributed by atoms with Gasteiger partial charge in [0.1, 0.15) is 0 Å². The Kier molecular flexibility index (Phi) is 3.16. The van der Waals surface area contributed by atoms with E-state index in [-0.39, 0.29) is 5.91 Å². The Balaban J connectivity index is 1.48. The van der Waals surface area contributed by atoms with Crippen molar-refractivity contribution in [3.63, 3.8) is 0 Å². The average Bonchev–Trinajstić information content (AvgIpc) is 3.05. The van der Waals surface area contributed by atoms with Crippen molar-refractivity contribution in [2.45, 2.75) is 37.8 Å². The minimum atomic E-state index is 0.102. The third kappa shape index (κ3) is 2.69. The highest BCUT2D eigenvalue weighted by Gasteiger charge is 2.32. The monoisotopic (exact) mass is 250 g/mol. The van der Waals surface area contributed by atoms with Gasteiger partial charge in [-0.25, -0.2) is 0 Å². The number of carbonyl (C=O) groups is 1. The lowest BCUT2D eigenvalue weighted by atomic mass is 10.0. The molecule has 3 nitrogen and oxygen atoms in total. The number of carbonyl (C=O) groups excluding carboxylic acids is 1. The highest BCUT2D eigenvalue weighted by molar-refractivity contribution is 7.12. The van der Waals surface area contributed by atoms with Gasteiger partial charge in [-0.2, -0.15) is 0 Å². The van der Waals surface area contributed by atoms with E-state index < -0.39 is 0 Å². The van der Waals surface area contributed by atoms with Gasteiger partial charge in [0, 0.05) is 25.2 Å². The summed E-state index contributed by atoms with van der Waals surface area (Å²) in [6.45, 7) is 2.31. The zero-order chi connectivity index (χ0) is 11.7. The molecule has 1 aliphatic carbocycles. The van der Waals surface area contributed by atoms with E-state index in [1.807, 2.05) is 17.5 Å². The van der Waals surface area contributed by atoms with Gasteiger partial charge in [0.2, 0.25) is 0 Å². The predicted molar refractivity (Wildman–Crippen MR) is 69.4 cm³/mol. The Hall–Kier alpha value is -0.870. The predicted octanol–water partition coefficient (Wildman–Crippen LogP) is 2.10. The highest BCUT2D eigenvalue weighted by Crippen LogP contribution is 2.29. The number of hydrogen-bond acceptors (Lipinski definition) is 3. The minimum Gasteiger partial charge on any atom is -0.349 e. The number of rotatable bonds is 3. The highest BCUT2D eigenvalue weighted by atomic mass is 32.1. The molecule has 1 amide bonds. The zero-order valence-corrected chi connectivity index (χ0v) is 10.7. The van der Waals surface area contributed by atoms with Crippen molar-refractivity contribution in [2.75, 3.05) is 13.1 Å². The third-order valence-corrected chi connectivity index (χ3v) is 4.54. The molecule has 17 heavy (non-hydrogen) atoms. The normalized spacial score (nSPS) is 22.6. The number of piperidine rings is 1. The van der Waals surface area contributed by atoms with Crippen molar-refractivity contribution in [1.29, 1.82) is 0 Å². The van der Waals surface area contributed by atoms with Crippen LogP contribution >= 0.6 is 11.3 Å². The largest absolute Gasteiger partial charge is 0.349 e. The Labute approximate surface area is 106 Å². The molecular weight excluding hydrogens is 232 g/mol.